The third-order valence-electron chi connectivity index (χ3n) is 5.37. The Morgan fingerprint density at radius 2 is 1.62 bits per heavy atom. The van der Waals surface area contributed by atoms with Gasteiger partial charge in [-0.2, -0.15) is 10.1 Å². The van der Waals surface area contributed by atoms with Gasteiger partial charge < -0.3 is 10.6 Å². The van der Waals surface area contributed by atoms with Crippen LogP contribution in [0.5, 0.6) is 0 Å². The predicted octanol–water partition coefficient (Wildman–Crippen LogP) is 4.48. The molecule has 2 aliphatic rings. The molecule has 150 valence electrons. The summed E-state index contributed by atoms with van der Waals surface area (Å²) in [5.74, 6) is -0.0738. The van der Waals surface area contributed by atoms with Crippen molar-refractivity contribution in [3.05, 3.63) is 69.7 Å². The number of carbonyl (C=O) groups is 1. The smallest absolute Gasteiger partial charge is 0.268 e. The minimum Gasteiger partial charge on any atom is -0.352 e. The van der Waals surface area contributed by atoms with Gasteiger partial charge in [-0.05, 0) is 47.6 Å². The fraction of sp³-hybridized carbons (Fsp3) is 0.286. The first-order chi connectivity index (χ1) is 13.9. The molecule has 2 N–H and O–H groups in total. The summed E-state index contributed by atoms with van der Waals surface area (Å²) in [5.41, 5.74) is 3.14. The normalized spacial score (nSPS) is 26.1. The van der Waals surface area contributed by atoms with E-state index in [2.05, 4.69) is 22.7 Å². The Bertz CT molecular complexity index is 946. The Morgan fingerprint density at radius 1 is 1.03 bits per heavy atom. The van der Waals surface area contributed by atoms with Gasteiger partial charge in [-0.25, -0.2) is 0 Å². The van der Waals surface area contributed by atoms with Crippen molar-refractivity contribution in [3.8, 4) is 0 Å². The maximum absolute atomic E-state index is 12.2. The van der Waals surface area contributed by atoms with Gasteiger partial charge in [-0.15, -0.1) is 0 Å². The van der Waals surface area contributed by atoms with Crippen molar-refractivity contribution in [3.63, 3.8) is 0 Å². The summed E-state index contributed by atoms with van der Waals surface area (Å²) >= 11 is 17.4. The maximum atomic E-state index is 12.2. The van der Waals surface area contributed by atoms with Crippen molar-refractivity contribution >= 4 is 52.2 Å². The van der Waals surface area contributed by atoms with Gasteiger partial charge in [0.05, 0.1) is 6.54 Å². The second-order valence-corrected chi connectivity index (χ2v) is 8.51. The zero-order valence-electron chi connectivity index (χ0n) is 15.7. The molecular weight excluding hydrogens is 427 g/mol. The SMILES string of the molecule is CC1/C(=N/N2C(=O)CNC2=S)CC(c2ccc(Cl)cc2)NC1c1ccc(Cl)cc1. The third-order valence-corrected chi connectivity index (χ3v) is 6.19. The van der Waals surface area contributed by atoms with Crippen molar-refractivity contribution in [2.24, 2.45) is 11.0 Å². The number of thiocarbonyl (C=S) groups is 1. The Hall–Kier alpha value is -1.99. The first-order valence-electron chi connectivity index (χ1n) is 9.37. The molecule has 1 amide bonds. The summed E-state index contributed by atoms with van der Waals surface area (Å²) in [6.45, 7) is 2.30. The standard InChI is InChI=1S/C21H20Cl2N4OS/c1-12-17(26-27-19(28)11-24-21(27)29)10-18(13-2-6-15(22)7-3-13)25-20(12)14-4-8-16(23)9-5-14/h2-9,12,18,20,25H,10-11H2,1H3,(H,24,29)/b26-17+. The molecule has 8 heteroatoms. The Kier molecular flexibility index (Phi) is 5.88. The summed E-state index contributed by atoms with van der Waals surface area (Å²) in [7, 11) is 0. The average Bonchev–Trinajstić information content (AvgIpc) is 3.03. The zero-order chi connectivity index (χ0) is 20.5. The number of hydrazone groups is 1. The predicted molar refractivity (Wildman–Crippen MR) is 120 cm³/mol. The second kappa shape index (κ2) is 8.40. The molecule has 0 aromatic heterocycles. The van der Waals surface area contributed by atoms with Crippen LogP contribution in [0.15, 0.2) is 53.6 Å². The Morgan fingerprint density at radius 3 is 2.17 bits per heavy atom. The number of halogens is 2. The van der Waals surface area contributed by atoms with E-state index >= 15 is 0 Å². The number of hydrogen-bond acceptors (Lipinski definition) is 4. The van der Waals surface area contributed by atoms with Crippen LogP contribution in [0, 0.1) is 5.92 Å². The molecule has 2 aromatic carbocycles. The number of benzene rings is 2. The first-order valence-corrected chi connectivity index (χ1v) is 10.5. The lowest BCUT2D eigenvalue weighted by molar-refractivity contribution is -0.124. The molecule has 3 atom stereocenters. The van der Waals surface area contributed by atoms with E-state index in [1.54, 1.807) is 0 Å². The van der Waals surface area contributed by atoms with Crippen LogP contribution >= 0.6 is 35.4 Å². The molecule has 5 nitrogen and oxygen atoms in total. The van der Waals surface area contributed by atoms with E-state index in [1.165, 1.54) is 5.01 Å². The van der Waals surface area contributed by atoms with Crippen LogP contribution in [0.25, 0.3) is 0 Å². The highest BCUT2D eigenvalue weighted by Gasteiger charge is 2.35. The average molecular weight is 447 g/mol. The molecule has 2 saturated heterocycles. The van der Waals surface area contributed by atoms with Crippen molar-refractivity contribution < 1.29 is 4.79 Å². The summed E-state index contributed by atoms with van der Waals surface area (Å²) in [6.07, 6.45) is 0.666. The molecule has 2 aromatic rings. The number of piperidine rings is 1. The van der Waals surface area contributed by atoms with Crippen molar-refractivity contribution in [1.82, 2.24) is 15.6 Å². The fourth-order valence-corrected chi connectivity index (χ4v) is 4.21. The van der Waals surface area contributed by atoms with Crippen LogP contribution in [-0.4, -0.2) is 28.3 Å². The first kappa shape index (κ1) is 20.3. The van der Waals surface area contributed by atoms with E-state index in [4.69, 9.17) is 35.4 Å². The highest BCUT2D eigenvalue weighted by molar-refractivity contribution is 7.80. The molecule has 0 radical (unpaired) electrons. The van der Waals surface area contributed by atoms with Crippen LogP contribution in [-0.2, 0) is 4.79 Å². The van der Waals surface area contributed by atoms with E-state index in [0.29, 0.717) is 21.6 Å². The topological polar surface area (TPSA) is 56.7 Å². The molecule has 4 rings (SSSR count). The van der Waals surface area contributed by atoms with Gasteiger partial charge in [-0.1, -0.05) is 54.4 Å². The van der Waals surface area contributed by atoms with E-state index in [0.717, 1.165) is 16.8 Å². The van der Waals surface area contributed by atoms with E-state index < -0.39 is 0 Å². The number of amides is 1. The van der Waals surface area contributed by atoms with Crippen LogP contribution < -0.4 is 10.6 Å². The van der Waals surface area contributed by atoms with Crippen molar-refractivity contribution in [1.29, 1.82) is 0 Å². The molecule has 2 heterocycles. The van der Waals surface area contributed by atoms with E-state index in [9.17, 15) is 4.79 Å². The van der Waals surface area contributed by atoms with Crippen LogP contribution in [0.3, 0.4) is 0 Å². The van der Waals surface area contributed by atoms with Gasteiger partial charge in [-0.3, -0.25) is 4.79 Å². The van der Waals surface area contributed by atoms with Gasteiger partial charge in [0.2, 0.25) is 0 Å². The van der Waals surface area contributed by atoms with Crippen molar-refractivity contribution in [2.45, 2.75) is 25.4 Å². The molecule has 0 spiro atoms. The zero-order valence-corrected chi connectivity index (χ0v) is 18.1. The molecule has 3 unspecified atom stereocenters. The van der Waals surface area contributed by atoms with Gasteiger partial charge in [0, 0.05) is 40.2 Å². The van der Waals surface area contributed by atoms with Crippen molar-refractivity contribution in [2.75, 3.05) is 6.54 Å². The van der Waals surface area contributed by atoms with Crippen LogP contribution in [0.1, 0.15) is 36.6 Å². The Balaban J connectivity index is 1.71. The minimum absolute atomic E-state index is 0.0136. The number of nitrogens with zero attached hydrogens (tertiary/aromatic N) is 2. The minimum atomic E-state index is -0.140. The lowest BCUT2D eigenvalue weighted by Gasteiger charge is -2.38. The molecular formula is C21H20Cl2N4OS. The van der Waals surface area contributed by atoms with Crippen LogP contribution in [0.2, 0.25) is 10.0 Å². The largest absolute Gasteiger partial charge is 0.352 e. The molecule has 0 aliphatic carbocycles. The molecule has 0 bridgehead atoms. The molecule has 2 aliphatic heterocycles. The third kappa shape index (κ3) is 4.31. The second-order valence-electron chi connectivity index (χ2n) is 7.25. The van der Waals surface area contributed by atoms with Gasteiger partial charge in [0.25, 0.3) is 5.91 Å². The van der Waals surface area contributed by atoms with Crippen LogP contribution in [0.4, 0.5) is 0 Å². The molecule has 0 saturated carbocycles. The summed E-state index contributed by atoms with van der Waals surface area (Å²) in [6, 6.07) is 15.6. The number of nitrogens with one attached hydrogen (secondary N) is 2. The number of hydrogen-bond donors (Lipinski definition) is 2. The van der Waals surface area contributed by atoms with Gasteiger partial charge in [0.15, 0.2) is 5.11 Å². The Labute approximate surface area is 185 Å². The van der Waals surface area contributed by atoms with E-state index in [-0.39, 0.29) is 30.5 Å². The number of rotatable bonds is 3. The van der Waals surface area contributed by atoms with Gasteiger partial charge in [0.1, 0.15) is 0 Å². The quantitative estimate of drug-likeness (QED) is 0.682. The number of carbonyl (C=O) groups excluding carboxylic acids is 1. The summed E-state index contributed by atoms with van der Waals surface area (Å²) < 4.78 is 0. The highest BCUT2D eigenvalue weighted by atomic mass is 35.5. The molecule has 2 fully saturated rings. The lowest BCUT2D eigenvalue weighted by atomic mass is 9.81. The maximum Gasteiger partial charge on any atom is 0.268 e. The van der Waals surface area contributed by atoms with Gasteiger partial charge >= 0.3 is 0 Å². The summed E-state index contributed by atoms with van der Waals surface area (Å²) in [5, 5.41) is 14.3. The van der Waals surface area contributed by atoms with E-state index in [1.807, 2.05) is 48.5 Å². The highest BCUT2D eigenvalue weighted by Crippen LogP contribution is 2.36. The molecule has 29 heavy (non-hydrogen) atoms. The summed E-state index contributed by atoms with van der Waals surface area (Å²) in [4.78, 5) is 12.2. The monoisotopic (exact) mass is 446 g/mol. The lowest BCUT2D eigenvalue weighted by Crippen LogP contribution is -2.42. The fourth-order valence-electron chi connectivity index (χ4n) is 3.75.